The summed E-state index contributed by atoms with van der Waals surface area (Å²) < 4.78 is 30.9. The summed E-state index contributed by atoms with van der Waals surface area (Å²) in [5.74, 6) is 1.30. The molecule has 12 heteroatoms. The van der Waals surface area contributed by atoms with Crippen molar-refractivity contribution in [1.29, 1.82) is 0 Å². The van der Waals surface area contributed by atoms with Crippen molar-refractivity contribution in [3.63, 3.8) is 0 Å². The highest BCUT2D eigenvalue weighted by molar-refractivity contribution is 5.84. The summed E-state index contributed by atoms with van der Waals surface area (Å²) in [4.78, 5) is 39.9. The monoisotopic (exact) mass is 665 g/mol. The summed E-state index contributed by atoms with van der Waals surface area (Å²) in [5, 5.41) is 14.2. The molecule has 6 rings (SSSR count). The second-order valence-electron chi connectivity index (χ2n) is 11.2. The summed E-state index contributed by atoms with van der Waals surface area (Å²) >= 11 is 0. The van der Waals surface area contributed by atoms with Crippen molar-refractivity contribution in [3.05, 3.63) is 159 Å². The Morgan fingerprint density at radius 2 is 1.37 bits per heavy atom. The number of amides is 1. The number of carbonyl (C=O) groups excluding carboxylic acids is 1. The van der Waals surface area contributed by atoms with Gasteiger partial charge in [-0.2, -0.15) is 0 Å². The lowest BCUT2D eigenvalue weighted by molar-refractivity contribution is -0.0960. The van der Waals surface area contributed by atoms with Gasteiger partial charge in [-0.25, -0.2) is 9.59 Å². The Hall–Kier alpha value is -5.69. The fourth-order valence-corrected chi connectivity index (χ4v) is 5.93. The van der Waals surface area contributed by atoms with Crippen molar-refractivity contribution >= 4 is 11.8 Å². The van der Waals surface area contributed by atoms with E-state index in [1.165, 1.54) is 6.20 Å². The van der Waals surface area contributed by atoms with E-state index < -0.39 is 47.5 Å². The molecule has 1 saturated heterocycles. The largest absolute Gasteiger partial charge is 0.497 e. The van der Waals surface area contributed by atoms with Crippen LogP contribution >= 0.6 is 0 Å². The SMILES string of the molecule is COc1ccc(C(OC[C@H]2O[C@@H](n3ccc(=O)[nH]c3=O)[C@H](O)[C@@H]2OC(=O)Nc2ccccc2)(c2ccccc2)c2ccc(OC)cc2)cc1. The molecule has 1 aliphatic rings. The third-order valence-corrected chi connectivity index (χ3v) is 8.34. The van der Waals surface area contributed by atoms with Crippen molar-refractivity contribution in [2.75, 3.05) is 26.1 Å². The van der Waals surface area contributed by atoms with Crippen molar-refractivity contribution in [1.82, 2.24) is 9.55 Å². The Bertz CT molecular complexity index is 1920. The first-order valence-electron chi connectivity index (χ1n) is 15.5. The van der Waals surface area contributed by atoms with Crippen LogP contribution in [-0.2, 0) is 19.8 Å². The van der Waals surface area contributed by atoms with E-state index in [0.717, 1.165) is 27.3 Å². The van der Waals surface area contributed by atoms with E-state index >= 15 is 0 Å². The number of rotatable bonds is 11. The summed E-state index contributed by atoms with van der Waals surface area (Å²) in [6.45, 7) is -0.220. The zero-order valence-electron chi connectivity index (χ0n) is 26.7. The number of carbonyl (C=O) groups is 1. The Morgan fingerprint density at radius 1 is 0.816 bits per heavy atom. The molecule has 49 heavy (non-hydrogen) atoms. The number of nitrogens with zero attached hydrogens (tertiary/aromatic N) is 1. The summed E-state index contributed by atoms with van der Waals surface area (Å²) in [6.07, 6.45) is -4.86. The normalized spacial score (nSPS) is 18.8. The predicted octanol–water partition coefficient (Wildman–Crippen LogP) is 4.44. The number of aromatic nitrogens is 2. The van der Waals surface area contributed by atoms with Crippen LogP contribution in [0.3, 0.4) is 0 Å². The van der Waals surface area contributed by atoms with Crippen LogP contribution in [0.2, 0.25) is 0 Å². The molecule has 0 saturated carbocycles. The highest BCUT2D eigenvalue weighted by atomic mass is 16.6. The smallest absolute Gasteiger partial charge is 0.412 e. The summed E-state index contributed by atoms with van der Waals surface area (Å²) in [7, 11) is 3.17. The van der Waals surface area contributed by atoms with Gasteiger partial charge in [-0.15, -0.1) is 0 Å². The standard InChI is InChI=1S/C37H35N3O9/c1-45-28-17-13-25(14-18-28)37(24-9-5-3-6-10-24,26-15-19-29(46-2)20-16-26)47-23-30-33(49-36(44)38-27-11-7-4-8-12-27)32(42)34(48-30)40-22-21-31(41)39-35(40)43/h3-22,30,32-34,42H,23H2,1-2H3,(H,38,44)(H,39,41,43)/t30-,32-,33-,34-/m1/s1. The fourth-order valence-electron chi connectivity index (χ4n) is 5.93. The molecule has 1 amide bonds. The lowest BCUT2D eigenvalue weighted by Gasteiger charge is -2.37. The maximum absolute atomic E-state index is 13.1. The number of hydrogen-bond acceptors (Lipinski definition) is 9. The minimum absolute atomic E-state index is 0.220. The Balaban J connectivity index is 1.41. The number of aliphatic hydroxyl groups is 1. The van der Waals surface area contributed by atoms with Crippen molar-refractivity contribution in [3.8, 4) is 11.5 Å². The van der Waals surface area contributed by atoms with Gasteiger partial charge >= 0.3 is 11.8 Å². The molecule has 5 aromatic rings. The minimum Gasteiger partial charge on any atom is -0.497 e. The fraction of sp³-hybridized carbons (Fsp3) is 0.216. The highest BCUT2D eigenvalue weighted by Crippen LogP contribution is 2.43. The molecule has 0 spiro atoms. The van der Waals surface area contributed by atoms with Crippen molar-refractivity contribution in [2.24, 2.45) is 0 Å². The third-order valence-electron chi connectivity index (χ3n) is 8.34. The van der Waals surface area contributed by atoms with E-state index in [1.807, 2.05) is 78.9 Å². The number of H-pyrrole nitrogens is 1. The first kappa shape index (κ1) is 33.2. The maximum atomic E-state index is 13.1. The van der Waals surface area contributed by atoms with Gasteiger partial charge in [0.25, 0.3) is 5.56 Å². The van der Waals surface area contributed by atoms with Crippen LogP contribution in [0.5, 0.6) is 11.5 Å². The predicted molar refractivity (Wildman–Crippen MR) is 180 cm³/mol. The van der Waals surface area contributed by atoms with Crippen LogP contribution in [0.4, 0.5) is 10.5 Å². The molecule has 0 bridgehead atoms. The number of para-hydroxylation sites is 1. The van der Waals surface area contributed by atoms with Gasteiger partial charge < -0.3 is 28.8 Å². The van der Waals surface area contributed by atoms with Crippen LogP contribution in [0.1, 0.15) is 22.9 Å². The van der Waals surface area contributed by atoms with Crippen LogP contribution < -0.4 is 26.0 Å². The van der Waals surface area contributed by atoms with Crippen molar-refractivity contribution < 1.29 is 33.6 Å². The Kier molecular flexibility index (Phi) is 9.90. The molecule has 252 valence electrons. The zero-order chi connectivity index (χ0) is 34.4. The second-order valence-corrected chi connectivity index (χ2v) is 11.2. The van der Waals surface area contributed by atoms with E-state index in [4.69, 9.17) is 23.7 Å². The van der Waals surface area contributed by atoms with E-state index in [1.54, 1.807) is 44.6 Å². The number of hydrogen-bond donors (Lipinski definition) is 3. The number of methoxy groups -OCH3 is 2. The molecular weight excluding hydrogens is 630 g/mol. The number of benzene rings is 4. The molecule has 3 N–H and O–H groups in total. The molecule has 0 radical (unpaired) electrons. The van der Waals surface area contributed by atoms with Crippen LogP contribution in [0.25, 0.3) is 0 Å². The Morgan fingerprint density at radius 3 is 1.92 bits per heavy atom. The number of anilines is 1. The van der Waals surface area contributed by atoms with Gasteiger partial charge in [0.2, 0.25) is 0 Å². The number of aromatic amines is 1. The molecule has 1 aromatic heterocycles. The molecule has 4 aromatic carbocycles. The van der Waals surface area contributed by atoms with E-state index in [0.29, 0.717) is 17.2 Å². The highest BCUT2D eigenvalue weighted by Gasteiger charge is 2.49. The minimum atomic E-state index is -1.52. The molecule has 0 unspecified atom stereocenters. The van der Waals surface area contributed by atoms with E-state index in [2.05, 4.69) is 10.3 Å². The molecule has 4 atom stereocenters. The lowest BCUT2D eigenvalue weighted by Crippen LogP contribution is -2.42. The topological polar surface area (TPSA) is 150 Å². The van der Waals surface area contributed by atoms with Gasteiger partial charge in [-0.05, 0) is 53.1 Å². The summed E-state index contributed by atoms with van der Waals surface area (Å²) in [6, 6.07) is 34.2. The van der Waals surface area contributed by atoms with E-state index in [-0.39, 0.29) is 6.61 Å². The first-order valence-corrected chi connectivity index (χ1v) is 15.5. The van der Waals surface area contributed by atoms with Gasteiger partial charge in [0.05, 0.1) is 20.8 Å². The first-order chi connectivity index (χ1) is 23.8. The zero-order valence-corrected chi connectivity index (χ0v) is 26.7. The van der Waals surface area contributed by atoms with Gasteiger partial charge in [-0.3, -0.25) is 19.7 Å². The number of ether oxygens (including phenoxy) is 5. The van der Waals surface area contributed by atoms with E-state index in [9.17, 15) is 19.5 Å². The molecule has 12 nitrogen and oxygen atoms in total. The summed E-state index contributed by atoms with van der Waals surface area (Å²) in [5.41, 5.74) is 0.0707. The molecule has 0 aliphatic carbocycles. The second kappa shape index (κ2) is 14.6. The molecular formula is C37H35N3O9. The Labute approximate surface area is 281 Å². The molecule has 1 aliphatic heterocycles. The lowest BCUT2D eigenvalue weighted by atomic mass is 9.80. The quantitative estimate of drug-likeness (QED) is 0.174. The number of nitrogens with one attached hydrogen (secondary N) is 2. The molecule has 2 heterocycles. The molecule has 1 fully saturated rings. The maximum Gasteiger partial charge on any atom is 0.412 e. The van der Waals surface area contributed by atoms with Crippen LogP contribution in [-0.4, -0.2) is 59.9 Å². The third kappa shape index (κ3) is 6.97. The van der Waals surface area contributed by atoms with Gasteiger partial charge in [0.1, 0.15) is 29.3 Å². The number of aliphatic hydroxyl groups excluding tert-OH is 1. The van der Waals surface area contributed by atoms with Crippen LogP contribution in [0, 0.1) is 0 Å². The van der Waals surface area contributed by atoms with Crippen LogP contribution in [0.15, 0.2) is 131 Å². The average molecular weight is 666 g/mol. The van der Waals surface area contributed by atoms with Gasteiger partial charge in [0, 0.05) is 18.0 Å². The average Bonchev–Trinajstić information content (AvgIpc) is 3.43. The van der Waals surface area contributed by atoms with Gasteiger partial charge in [0.15, 0.2) is 12.3 Å². The van der Waals surface area contributed by atoms with Gasteiger partial charge in [-0.1, -0.05) is 72.8 Å². The van der Waals surface area contributed by atoms with Crippen molar-refractivity contribution in [2.45, 2.75) is 30.1 Å².